The van der Waals surface area contributed by atoms with E-state index in [2.05, 4.69) is 40.0 Å². The van der Waals surface area contributed by atoms with E-state index in [4.69, 9.17) is 17.0 Å². The third kappa shape index (κ3) is 4.54. The number of hydrogen-bond donors (Lipinski definition) is 2. The van der Waals surface area contributed by atoms with Crippen molar-refractivity contribution in [2.45, 2.75) is 19.0 Å². The highest BCUT2D eigenvalue weighted by molar-refractivity contribution is 7.80. The van der Waals surface area contributed by atoms with Crippen LogP contribution >= 0.6 is 23.6 Å². The standard InChI is InChI=1S/C18H23N3OS2/c1-14(19-18(23)20-15-6-3-2-4-7-15)17(16-8-5-13-24-16)21-9-11-22-12-10-21/h2-8,13-14,17H,9-12H2,1H3,(H2,19,20,23)/t14-,17-/m1/s1. The summed E-state index contributed by atoms with van der Waals surface area (Å²) in [5, 5.41) is 9.51. The van der Waals surface area contributed by atoms with Crippen LogP contribution in [0.25, 0.3) is 0 Å². The van der Waals surface area contributed by atoms with E-state index in [1.165, 1.54) is 4.88 Å². The molecule has 6 heteroatoms. The highest BCUT2D eigenvalue weighted by Gasteiger charge is 2.28. The molecule has 2 aromatic rings. The zero-order chi connectivity index (χ0) is 16.8. The monoisotopic (exact) mass is 361 g/mol. The molecule has 0 radical (unpaired) electrons. The first-order valence-electron chi connectivity index (χ1n) is 8.22. The van der Waals surface area contributed by atoms with Gasteiger partial charge >= 0.3 is 0 Å². The number of thiocarbonyl (C=S) groups is 1. The Balaban J connectivity index is 1.66. The second-order valence-electron chi connectivity index (χ2n) is 5.86. The SMILES string of the molecule is C[C@@H](NC(=S)Nc1ccccc1)[C@H](c1cccs1)N1CCOCC1. The lowest BCUT2D eigenvalue weighted by Gasteiger charge is -2.38. The van der Waals surface area contributed by atoms with Crippen LogP contribution < -0.4 is 10.6 Å². The fourth-order valence-corrected chi connectivity index (χ4v) is 4.30. The van der Waals surface area contributed by atoms with Gasteiger partial charge in [0.15, 0.2) is 5.11 Å². The van der Waals surface area contributed by atoms with Crippen molar-refractivity contribution >= 4 is 34.4 Å². The lowest BCUT2D eigenvalue weighted by atomic mass is 10.1. The predicted molar refractivity (Wildman–Crippen MR) is 105 cm³/mol. The van der Waals surface area contributed by atoms with Gasteiger partial charge in [-0.3, -0.25) is 4.90 Å². The number of nitrogens with zero attached hydrogens (tertiary/aromatic N) is 1. The summed E-state index contributed by atoms with van der Waals surface area (Å²) in [6, 6.07) is 14.8. The topological polar surface area (TPSA) is 36.5 Å². The summed E-state index contributed by atoms with van der Waals surface area (Å²) in [5.74, 6) is 0. The fourth-order valence-electron chi connectivity index (χ4n) is 3.03. The Kier molecular flexibility index (Phi) is 6.20. The Hall–Kier alpha value is -1.47. The van der Waals surface area contributed by atoms with Crippen molar-refractivity contribution in [1.82, 2.24) is 10.2 Å². The van der Waals surface area contributed by atoms with Crippen LogP contribution in [0.3, 0.4) is 0 Å². The van der Waals surface area contributed by atoms with E-state index in [1.807, 2.05) is 30.3 Å². The first kappa shape index (κ1) is 17.4. The summed E-state index contributed by atoms with van der Waals surface area (Å²) in [6.45, 7) is 5.68. The van der Waals surface area contributed by atoms with Gasteiger partial charge in [-0.2, -0.15) is 0 Å². The summed E-state index contributed by atoms with van der Waals surface area (Å²) in [4.78, 5) is 3.84. The number of benzene rings is 1. The molecule has 4 nitrogen and oxygen atoms in total. The average Bonchev–Trinajstić information content (AvgIpc) is 3.11. The average molecular weight is 362 g/mol. The van der Waals surface area contributed by atoms with Gasteiger partial charge in [-0.1, -0.05) is 24.3 Å². The van der Waals surface area contributed by atoms with Gasteiger partial charge < -0.3 is 15.4 Å². The van der Waals surface area contributed by atoms with E-state index >= 15 is 0 Å². The summed E-state index contributed by atoms with van der Waals surface area (Å²) < 4.78 is 5.51. The molecule has 1 aliphatic heterocycles. The van der Waals surface area contributed by atoms with Crippen LogP contribution in [-0.2, 0) is 4.74 Å². The predicted octanol–water partition coefficient (Wildman–Crippen LogP) is 3.50. The maximum absolute atomic E-state index is 5.51. The van der Waals surface area contributed by atoms with Crippen molar-refractivity contribution < 1.29 is 4.74 Å². The molecule has 2 heterocycles. The Morgan fingerprint density at radius 3 is 2.58 bits per heavy atom. The third-order valence-electron chi connectivity index (χ3n) is 4.14. The number of thiophene rings is 1. The minimum Gasteiger partial charge on any atom is -0.379 e. The zero-order valence-corrected chi connectivity index (χ0v) is 15.4. The molecule has 1 aromatic carbocycles. The van der Waals surface area contributed by atoms with Crippen LogP contribution in [0.5, 0.6) is 0 Å². The van der Waals surface area contributed by atoms with Gasteiger partial charge in [0.05, 0.1) is 19.3 Å². The van der Waals surface area contributed by atoms with Gasteiger partial charge in [0.2, 0.25) is 0 Å². The van der Waals surface area contributed by atoms with E-state index in [0.717, 1.165) is 32.0 Å². The molecule has 0 amide bonds. The van der Waals surface area contributed by atoms with Crippen LogP contribution in [-0.4, -0.2) is 42.4 Å². The quantitative estimate of drug-likeness (QED) is 0.797. The Labute approximate surface area is 152 Å². The molecule has 0 unspecified atom stereocenters. The maximum Gasteiger partial charge on any atom is 0.171 e. The van der Waals surface area contributed by atoms with Crippen molar-refractivity contribution in [3.8, 4) is 0 Å². The molecule has 1 aromatic heterocycles. The molecule has 3 rings (SSSR count). The van der Waals surface area contributed by atoms with Gasteiger partial charge in [-0.25, -0.2) is 0 Å². The van der Waals surface area contributed by atoms with Crippen molar-refractivity contribution in [3.05, 3.63) is 52.7 Å². The zero-order valence-electron chi connectivity index (χ0n) is 13.8. The normalized spacial score (nSPS) is 17.9. The second-order valence-corrected chi connectivity index (χ2v) is 7.25. The molecule has 128 valence electrons. The van der Waals surface area contributed by atoms with Crippen molar-refractivity contribution in [2.24, 2.45) is 0 Å². The van der Waals surface area contributed by atoms with Crippen LogP contribution in [0.1, 0.15) is 17.8 Å². The molecule has 24 heavy (non-hydrogen) atoms. The highest BCUT2D eigenvalue weighted by Crippen LogP contribution is 2.29. The van der Waals surface area contributed by atoms with Crippen molar-refractivity contribution in [1.29, 1.82) is 0 Å². The summed E-state index contributed by atoms with van der Waals surface area (Å²) in [6.07, 6.45) is 0. The number of morpholine rings is 1. The molecule has 0 spiro atoms. The first-order chi connectivity index (χ1) is 11.7. The Morgan fingerprint density at radius 2 is 1.92 bits per heavy atom. The van der Waals surface area contributed by atoms with Gasteiger partial charge in [-0.05, 0) is 42.7 Å². The minimum atomic E-state index is 0.200. The first-order valence-corrected chi connectivity index (χ1v) is 9.50. The number of hydrogen-bond acceptors (Lipinski definition) is 4. The number of rotatable bonds is 5. The molecule has 0 saturated carbocycles. The molecule has 0 bridgehead atoms. The molecule has 1 saturated heterocycles. The van der Waals surface area contributed by atoms with E-state index < -0.39 is 0 Å². The van der Waals surface area contributed by atoms with Crippen molar-refractivity contribution in [2.75, 3.05) is 31.6 Å². The fraction of sp³-hybridized carbons (Fsp3) is 0.389. The second kappa shape index (κ2) is 8.58. The van der Waals surface area contributed by atoms with Gasteiger partial charge in [-0.15, -0.1) is 11.3 Å². The summed E-state index contributed by atoms with van der Waals surface area (Å²) in [5.41, 5.74) is 1.00. The molecule has 0 aliphatic carbocycles. The van der Waals surface area contributed by atoms with Crippen LogP contribution in [0.4, 0.5) is 5.69 Å². The largest absolute Gasteiger partial charge is 0.379 e. The number of para-hydroxylation sites is 1. The van der Waals surface area contributed by atoms with Gasteiger partial charge in [0.25, 0.3) is 0 Å². The molecule has 2 N–H and O–H groups in total. The molecule has 1 aliphatic rings. The lowest BCUT2D eigenvalue weighted by Crippen LogP contribution is -2.49. The molecular formula is C18H23N3OS2. The summed E-state index contributed by atoms with van der Waals surface area (Å²) in [7, 11) is 0. The molecule has 1 fully saturated rings. The number of ether oxygens (including phenoxy) is 1. The lowest BCUT2D eigenvalue weighted by molar-refractivity contribution is 0.0110. The minimum absolute atomic E-state index is 0.200. The van der Waals surface area contributed by atoms with E-state index in [0.29, 0.717) is 11.2 Å². The highest BCUT2D eigenvalue weighted by atomic mass is 32.1. The maximum atomic E-state index is 5.51. The van der Waals surface area contributed by atoms with Crippen LogP contribution in [0.2, 0.25) is 0 Å². The van der Waals surface area contributed by atoms with Gasteiger partial charge in [0, 0.05) is 29.7 Å². The number of nitrogens with one attached hydrogen (secondary N) is 2. The molecular weight excluding hydrogens is 338 g/mol. The van der Waals surface area contributed by atoms with E-state index in [1.54, 1.807) is 11.3 Å². The molecule has 2 atom stereocenters. The smallest absolute Gasteiger partial charge is 0.171 e. The third-order valence-corrected chi connectivity index (χ3v) is 5.30. The Bertz CT molecular complexity index is 627. The number of anilines is 1. The van der Waals surface area contributed by atoms with E-state index in [9.17, 15) is 0 Å². The van der Waals surface area contributed by atoms with Gasteiger partial charge in [0.1, 0.15) is 0 Å². The van der Waals surface area contributed by atoms with E-state index in [-0.39, 0.29) is 6.04 Å². The Morgan fingerprint density at radius 1 is 1.17 bits per heavy atom. The van der Waals surface area contributed by atoms with Crippen molar-refractivity contribution in [3.63, 3.8) is 0 Å². The summed E-state index contributed by atoms with van der Waals surface area (Å²) >= 11 is 7.30. The van der Waals surface area contributed by atoms with Crippen LogP contribution in [0.15, 0.2) is 47.8 Å². The van der Waals surface area contributed by atoms with Crippen LogP contribution in [0, 0.1) is 0 Å².